The molecular weight excluding hydrogens is 311 g/mol. The highest BCUT2D eigenvalue weighted by molar-refractivity contribution is 6.18. The lowest BCUT2D eigenvalue weighted by molar-refractivity contribution is -0.137. The maximum absolute atomic E-state index is 13.3. The zero-order chi connectivity index (χ0) is 17.2. The molecule has 0 saturated heterocycles. The summed E-state index contributed by atoms with van der Waals surface area (Å²) in [7, 11) is 1.28. The summed E-state index contributed by atoms with van der Waals surface area (Å²) in [5.41, 5.74) is 4.62. The van der Waals surface area contributed by atoms with Gasteiger partial charge >= 0.3 is 6.18 Å². The van der Waals surface area contributed by atoms with E-state index in [9.17, 15) is 13.2 Å². The Morgan fingerprint density at radius 1 is 1.35 bits per heavy atom. The molecule has 0 atom stereocenters. The molecule has 0 amide bonds. The van der Waals surface area contributed by atoms with Crippen molar-refractivity contribution in [2.24, 2.45) is 15.9 Å². The summed E-state index contributed by atoms with van der Waals surface area (Å²) in [5.74, 6) is 0.00513. The van der Waals surface area contributed by atoms with E-state index in [1.165, 1.54) is 32.2 Å². The Hall–Kier alpha value is -2.84. The molecule has 1 aliphatic rings. The van der Waals surface area contributed by atoms with E-state index >= 15 is 0 Å². The Kier molecular flexibility index (Phi) is 4.39. The molecule has 23 heavy (non-hydrogen) atoms. The van der Waals surface area contributed by atoms with Crippen molar-refractivity contribution < 1.29 is 17.9 Å². The van der Waals surface area contributed by atoms with Crippen LogP contribution in [0.2, 0.25) is 0 Å². The Balaban J connectivity index is 2.66. The van der Waals surface area contributed by atoms with Crippen LogP contribution in [0.1, 0.15) is 18.1 Å². The van der Waals surface area contributed by atoms with Crippen LogP contribution in [-0.4, -0.2) is 24.5 Å². The Morgan fingerprint density at radius 2 is 2.04 bits per heavy atom. The molecular formula is C14H14F3N5O. The fourth-order valence-electron chi connectivity index (χ4n) is 1.99. The summed E-state index contributed by atoms with van der Waals surface area (Å²) in [6.45, 7) is 1.48. The van der Waals surface area contributed by atoms with Gasteiger partial charge in [0.2, 0.25) is 5.96 Å². The highest BCUT2D eigenvalue weighted by atomic mass is 19.4. The number of nitrogens with zero attached hydrogens (tertiary/aromatic N) is 2. The SMILES string of the molecule is COc1ccc(C2=NN=C(N)N/C2=C\C(C)=N)c(C(F)(F)F)c1. The van der Waals surface area contributed by atoms with Crippen LogP contribution in [0.25, 0.3) is 0 Å². The second-order valence-corrected chi connectivity index (χ2v) is 4.71. The summed E-state index contributed by atoms with van der Waals surface area (Å²) in [5, 5.41) is 17.4. The van der Waals surface area contributed by atoms with Gasteiger partial charge in [-0.1, -0.05) is 0 Å². The van der Waals surface area contributed by atoms with E-state index in [0.717, 1.165) is 6.07 Å². The van der Waals surface area contributed by atoms with E-state index in [2.05, 4.69) is 15.5 Å². The lowest BCUT2D eigenvalue weighted by atomic mass is 9.99. The Morgan fingerprint density at radius 3 is 2.61 bits per heavy atom. The van der Waals surface area contributed by atoms with Crippen molar-refractivity contribution >= 4 is 17.4 Å². The molecule has 0 bridgehead atoms. The first kappa shape index (κ1) is 16.5. The number of hydrogen-bond donors (Lipinski definition) is 3. The number of halogens is 3. The van der Waals surface area contributed by atoms with Crippen LogP contribution in [0.4, 0.5) is 13.2 Å². The third-order valence-electron chi connectivity index (χ3n) is 2.92. The van der Waals surface area contributed by atoms with Gasteiger partial charge in [0.25, 0.3) is 0 Å². The van der Waals surface area contributed by atoms with Crippen LogP contribution in [-0.2, 0) is 6.18 Å². The monoisotopic (exact) mass is 325 g/mol. The van der Waals surface area contributed by atoms with Crippen molar-refractivity contribution in [2.75, 3.05) is 7.11 Å². The van der Waals surface area contributed by atoms with E-state index in [4.69, 9.17) is 15.9 Å². The van der Waals surface area contributed by atoms with Crippen molar-refractivity contribution in [1.29, 1.82) is 5.41 Å². The largest absolute Gasteiger partial charge is 0.497 e. The zero-order valence-corrected chi connectivity index (χ0v) is 12.3. The number of methoxy groups -OCH3 is 1. The molecule has 1 aliphatic heterocycles. The molecule has 9 heteroatoms. The Bertz CT molecular complexity index is 734. The molecule has 0 aromatic heterocycles. The number of guanidine groups is 1. The molecule has 6 nitrogen and oxygen atoms in total. The number of ether oxygens (including phenoxy) is 1. The fourth-order valence-corrected chi connectivity index (χ4v) is 1.99. The highest BCUT2D eigenvalue weighted by Crippen LogP contribution is 2.35. The minimum absolute atomic E-state index is 0.0548. The van der Waals surface area contributed by atoms with Gasteiger partial charge in [0.05, 0.1) is 18.4 Å². The van der Waals surface area contributed by atoms with Crippen LogP contribution < -0.4 is 15.8 Å². The van der Waals surface area contributed by atoms with Gasteiger partial charge in [-0.3, -0.25) is 0 Å². The second kappa shape index (κ2) is 6.11. The van der Waals surface area contributed by atoms with Gasteiger partial charge in [-0.25, -0.2) is 0 Å². The van der Waals surface area contributed by atoms with Crippen LogP contribution >= 0.6 is 0 Å². The molecule has 0 unspecified atom stereocenters. The Labute approximate surface area is 130 Å². The van der Waals surface area contributed by atoms with Gasteiger partial charge < -0.3 is 21.2 Å². The third kappa shape index (κ3) is 3.68. The standard InChI is InChI=1S/C14H14F3N5O/c1-7(18)5-11-12(21-22-13(19)20-11)9-4-3-8(23-2)6-10(9)14(15,16)17/h3-6,18H,1-2H3,(H3,19,20,22)/b11-5-,18-7?. The van der Waals surface area contributed by atoms with Crippen LogP contribution in [0.3, 0.4) is 0 Å². The maximum atomic E-state index is 13.3. The minimum atomic E-state index is -4.61. The van der Waals surface area contributed by atoms with E-state index in [0.29, 0.717) is 0 Å². The molecule has 2 rings (SSSR count). The second-order valence-electron chi connectivity index (χ2n) is 4.71. The first-order valence-electron chi connectivity index (χ1n) is 6.43. The predicted molar refractivity (Wildman–Crippen MR) is 80.8 cm³/mol. The molecule has 0 fully saturated rings. The van der Waals surface area contributed by atoms with Crippen molar-refractivity contribution in [3.05, 3.63) is 41.1 Å². The van der Waals surface area contributed by atoms with E-state index < -0.39 is 11.7 Å². The van der Waals surface area contributed by atoms with Crippen LogP contribution in [0.5, 0.6) is 5.75 Å². The lowest BCUT2D eigenvalue weighted by Gasteiger charge is -2.20. The molecule has 0 aliphatic carbocycles. The molecule has 122 valence electrons. The normalized spacial score (nSPS) is 16.5. The number of allylic oxidation sites excluding steroid dienone is 2. The molecule has 0 spiro atoms. The van der Waals surface area contributed by atoms with E-state index in [-0.39, 0.29) is 34.4 Å². The molecule has 1 heterocycles. The first-order valence-corrected chi connectivity index (χ1v) is 6.43. The smallest absolute Gasteiger partial charge is 0.417 e. The van der Waals surface area contributed by atoms with Crippen LogP contribution in [0.15, 0.2) is 40.2 Å². The maximum Gasteiger partial charge on any atom is 0.417 e. The summed E-state index contributed by atoms with van der Waals surface area (Å²) < 4.78 is 44.8. The molecule has 4 N–H and O–H groups in total. The summed E-state index contributed by atoms with van der Waals surface area (Å²) >= 11 is 0. The number of alkyl halides is 3. The summed E-state index contributed by atoms with van der Waals surface area (Å²) in [6, 6.07) is 3.52. The molecule has 0 saturated carbocycles. The number of rotatable bonds is 3. The topological polar surface area (TPSA) is 95.8 Å². The minimum Gasteiger partial charge on any atom is -0.497 e. The average Bonchev–Trinajstić information content (AvgIpc) is 2.45. The molecule has 0 radical (unpaired) electrons. The van der Waals surface area contributed by atoms with Gasteiger partial charge in [0.15, 0.2) is 0 Å². The third-order valence-corrected chi connectivity index (χ3v) is 2.92. The fraction of sp³-hybridized carbons (Fsp3) is 0.214. The molecule has 1 aromatic carbocycles. The van der Waals surface area contributed by atoms with E-state index in [1.807, 2.05) is 0 Å². The van der Waals surface area contributed by atoms with Crippen molar-refractivity contribution in [1.82, 2.24) is 5.32 Å². The number of hydrogen-bond acceptors (Lipinski definition) is 6. The van der Waals surface area contributed by atoms with Gasteiger partial charge in [-0.05, 0) is 31.2 Å². The number of nitrogens with two attached hydrogens (primary N) is 1. The van der Waals surface area contributed by atoms with Gasteiger partial charge in [-0.2, -0.15) is 13.2 Å². The van der Waals surface area contributed by atoms with Gasteiger partial charge in [-0.15, -0.1) is 10.2 Å². The van der Waals surface area contributed by atoms with Crippen molar-refractivity contribution in [2.45, 2.75) is 13.1 Å². The molecule has 1 aromatic rings. The van der Waals surface area contributed by atoms with Crippen molar-refractivity contribution in [3.8, 4) is 5.75 Å². The predicted octanol–water partition coefficient (Wildman–Crippen LogP) is 2.26. The van der Waals surface area contributed by atoms with Crippen molar-refractivity contribution in [3.63, 3.8) is 0 Å². The summed E-state index contributed by atoms with van der Waals surface area (Å²) in [6.07, 6.45) is -3.28. The highest BCUT2D eigenvalue weighted by Gasteiger charge is 2.36. The average molecular weight is 325 g/mol. The first-order chi connectivity index (χ1) is 10.7. The van der Waals surface area contributed by atoms with E-state index in [1.54, 1.807) is 0 Å². The number of benzene rings is 1. The van der Waals surface area contributed by atoms with Gasteiger partial charge in [0, 0.05) is 11.3 Å². The van der Waals surface area contributed by atoms with Crippen LogP contribution in [0, 0.1) is 5.41 Å². The summed E-state index contributed by atoms with van der Waals surface area (Å²) in [4.78, 5) is 0. The van der Waals surface area contributed by atoms with Gasteiger partial charge in [0.1, 0.15) is 11.5 Å². The zero-order valence-electron chi connectivity index (χ0n) is 12.3. The lowest BCUT2D eigenvalue weighted by Crippen LogP contribution is -2.37. The number of nitrogens with one attached hydrogen (secondary N) is 2. The quantitative estimate of drug-likeness (QED) is 0.744.